The van der Waals surface area contributed by atoms with Crippen molar-refractivity contribution in [2.75, 3.05) is 25.3 Å². The fourth-order valence-corrected chi connectivity index (χ4v) is 1.42. The lowest BCUT2D eigenvalue weighted by atomic mass is 10.2. The molecule has 0 unspecified atom stereocenters. The lowest BCUT2D eigenvalue weighted by Gasteiger charge is -2.07. The SMILES string of the molecule is COc1nc(NCc2ccc(N)cc2)nc(OC)n1. The zero-order valence-corrected chi connectivity index (χ0v) is 10.8. The van der Waals surface area contributed by atoms with Gasteiger partial charge in [-0.15, -0.1) is 4.98 Å². The monoisotopic (exact) mass is 261 g/mol. The van der Waals surface area contributed by atoms with Gasteiger partial charge in [0.1, 0.15) is 0 Å². The van der Waals surface area contributed by atoms with Gasteiger partial charge in [-0.1, -0.05) is 12.1 Å². The smallest absolute Gasteiger partial charge is 0.324 e. The van der Waals surface area contributed by atoms with E-state index in [1.807, 2.05) is 24.3 Å². The van der Waals surface area contributed by atoms with Gasteiger partial charge in [-0.3, -0.25) is 0 Å². The van der Waals surface area contributed by atoms with Crippen LogP contribution in [0, 0.1) is 0 Å². The summed E-state index contributed by atoms with van der Waals surface area (Å²) < 4.78 is 9.93. The molecule has 19 heavy (non-hydrogen) atoms. The van der Waals surface area contributed by atoms with Gasteiger partial charge in [0, 0.05) is 12.2 Å². The van der Waals surface area contributed by atoms with Gasteiger partial charge in [-0.2, -0.15) is 9.97 Å². The van der Waals surface area contributed by atoms with Crippen LogP contribution in [0.4, 0.5) is 11.6 Å². The highest BCUT2D eigenvalue weighted by molar-refractivity contribution is 5.40. The van der Waals surface area contributed by atoms with Gasteiger partial charge in [0.2, 0.25) is 5.95 Å². The third kappa shape index (κ3) is 3.44. The molecule has 0 spiro atoms. The van der Waals surface area contributed by atoms with Crippen LogP contribution in [0.15, 0.2) is 24.3 Å². The van der Waals surface area contributed by atoms with Crippen molar-refractivity contribution in [3.8, 4) is 12.0 Å². The Labute approximate surface area is 110 Å². The van der Waals surface area contributed by atoms with Crippen LogP contribution in [0.5, 0.6) is 12.0 Å². The zero-order valence-electron chi connectivity index (χ0n) is 10.8. The summed E-state index contributed by atoms with van der Waals surface area (Å²) in [6, 6.07) is 7.94. The molecule has 1 heterocycles. The van der Waals surface area contributed by atoms with E-state index in [4.69, 9.17) is 15.2 Å². The average Bonchev–Trinajstić information content (AvgIpc) is 2.46. The van der Waals surface area contributed by atoms with E-state index in [1.165, 1.54) is 14.2 Å². The molecule has 0 amide bonds. The van der Waals surface area contributed by atoms with Crippen LogP contribution in [0.2, 0.25) is 0 Å². The molecule has 0 bridgehead atoms. The summed E-state index contributed by atoms with van der Waals surface area (Å²) in [7, 11) is 2.97. The molecule has 0 aliphatic heterocycles. The molecular weight excluding hydrogens is 246 g/mol. The number of rotatable bonds is 5. The minimum atomic E-state index is 0.201. The van der Waals surface area contributed by atoms with Crippen LogP contribution < -0.4 is 20.5 Å². The van der Waals surface area contributed by atoms with E-state index < -0.39 is 0 Å². The average molecular weight is 261 g/mol. The molecule has 0 saturated carbocycles. The molecule has 0 aliphatic carbocycles. The first-order valence-corrected chi connectivity index (χ1v) is 5.63. The summed E-state index contributed by atoms with van der Waals surface area (Å²) in [5, 5.41) is 3.07. The topological polar surface area (TPSA) is 95.2 Å². The lowest BCUT2D eigenvalue weighted by molar-refractivity contribution is 0.341. The van der Waals surface area contributed by atoms with Crippen molar-refractivity contribution < 1.29 is 9.47 Å². The summed E-state index contributed by atoms with van der Waals surface area (Å²) in [4.78, 5) is 12.1. The molecule has 7 nitrogen and oxygen atoms in total. The Morgan fingerprint density at radius 1 is 1.00 bits per heavy atom. The molecule has 3 N–H and O–H groups in total. The Morgan fingerprint density at radius 2 is 1.58 bits per heavy atom. The van der Waals surface area contributed by atoms with E-state index in [-0.39, 0.29) is 12.0 Å². The third-order valence-corrected chi connectivity index (χ3v) is 2.39. The minimum Gasteiger partial charge on any atom is -0.467 e. The van der Waals surface area contributed by atoms with E-state index in [0.29, 0.717) is 12.5 Å². The Bertz CT molecular complexity index is 522. The molecule has 2 rings (SSSR count). The van der Waals surface area contributed by atoms with Crippen molar-refractivity contribution in [1.82, 2.24) is 15.0 Å². The second-order valence-electron chi connectivity index (χ2n) is 3.73. The minimum absolute atomic E-state index is 0.201. The molecular formula is C12H15N5O2. The van der Waals surface area contributed by atoms with E-state index in [2.05, 4.69) is 20.3 Å². The standard InChI is InChI=1S/C12H15N5O2/c1-18-11-15-10(16-12(17-11)19-2)14-7-8-3-5-9(13)6-4-8/h3-6H,7,13H2,1-2H3,(H,14,15,16,17). The van der Waals surface area contributed by atoms with Crippen molar-refractivity contribution in [3.05, 3.63) is 29.8 Å². The third-order valence-electron chi connectivity index (χ3n) is 2.39. The number of nitrogens with two attached hydrogens (primary N) is 1. The molecule has 1 aromatic carbocycles. The van der Waals surface area contributed by atoms with Crippen molar-refractivity contribution in [3.63, 3.8) is 0 Å². The maximum Gasteiger partial charge on any atom is 0.324 e. The molecule has 0 aliphatic rings. The highest BCUT2D eigenvalue weighted by Gasteiger charge is 2.06. The number of hydrogen-bond donors (Lipinski definition) is 2. The first-order chi connectivity index (χ1) is 9.21. The highest BCUT2D eigenvalue weighted by atomic mass is 16.5. The van der Waals surface area contributed by atoms with Crippen molar-refractivity contribution in [2.45, 2.75) is 6.54 Å². The molecule has 0 radical (unpaired) electrons. The molecule has 0 fully saturated rings. The number of nitrogens with one attached hydrogen (secondary N) is 1. The van der Waals surface area contributed by atoms with Gasteiger partial charge >= 0.3 is 12.0 Å². The van der Waals surface area contributed by atoms with Gasteiger partial charge in [-0.05, 0) is 17.7 Å². The van der Waals surface area contributed by atoms with E-state index in [9.17, 15) is 0 Å². The summed E-state index contributed by atoms with van der Waals surface area (Å²) in [5.74, 6) is 0.389. The molecule has 7 heteroatoms. The lowest BCUT2D eigenvalue weighted by Crippen LogP contribution is -2.07. The van der Waals surface area contributed by atoms with Gasteiger partial charge < -0.3 is 20.5 Å². The number of nitrogens with zero attached hydrogens (tertiary/aromatic N) is 3. The Kier molecular flexibility index (Phi) is 3.97. The molecule has 100 valence electrons. The fraction of sp³-hybridized carbons (Fsp3) is 0.250. The number of anilines is 2. The van der Waals surface area contributed by atoms with Gasteiger partial charge in [0.05, 0.1) is 14.2 Å². The van der Waals surface area contributed by atoms with Gasteiger partial charge in [-0.25, -0.2) is 0 Å². The molecule has 2 aromatic rings. The zero-order chi connectivity index (χ0) is 13.7. The van der Waals surface area contributed by atoms with Crippen LogP contribution in [-0.4, -0.2) is 29.2 Å². The Morgan fingerprint density at radius 3 is 2.11 bits per heavy atom. The number of methoxy groups -OCH3 is 2. The van der Waals surface area contributed by atoms with Crippen LogP contribution >= 0.6 is 0 Å². The quantitative estimate of drug-likeness (QED) is 0.777. The van der Waals surface area contributed by atoms with Crippen LogP contribution in [-0.2, 0) is 6.54 Å². The molecule has 0 atom stereocenters. The first kappa shape index (κ1) is 12.9. The number of hydrogen-bond acceptors (Lipinski definition) is 7. The van der Waals surface area contributed by atoms with Crippen molar-refractivity contribution >= 4 is 11.6 Å². The predicted molar refractivity (Wildman–Crippen MR) is 71.1 cm³/mol. The maximum atomic E-state index is 5.62. The second kappa shape index (κ2) is 5.85. The largest absolute Gasteiger partial charge is 0.467 e. The number of ether oxygens (including phenoxy) is 2. The first-order valence-electron chi connectivity index (χ1n) is 5.63. The fourth-order valence-electron chi connectivity index (χ4n) is 1.42. The normalized spacial score (nSPS) is 10.0. The Hall–Kier alpha value is -2.57. The summed E-state index contributed by atoms with van der Waals surface area (Å²) in [6.07, 6.45) is 0. The van der Waals surface area contributed by atoms with Crippen LogP contribution in [0.1, 0.15) is 5.56 Å². The number of benzene rings is 1. The summed E-state index contributed by atoms with van der Waals surface area (Å²) in [5.41, 5.74) is 7.41. The number of nitrogen functional groups attached to an aromatic ring is 1. The molecule has 0 saturated heterocycles. The van der Waals surface area contributed by atoms with E-state index in [0.717, 1.165) is 11.3 Å². The molecule has 1 aromatic heterocycles. The maximum absolute atomic E-state index is 5.62. The van der Waals surface area contributed by atoms with Crippen molar-refractivity contribution in [1.29, 1.82) is 0 Å². The highest BCUT2D eigenvalue weighted by Crippen LogP contribution is 2.13. The van der Waals surface area contributed by atoms with Gasteiger partial charge in [0.25, 0.3) is 0 Å². The van der Waals surface area contributed by atoms with Crippen LogP contribution in [0.25, 0.3) is 0 Å². The number of aromatic nitrogens is 3. The summed E-state index contributed by atoms with van der Waals surface area (Å²) >= 11 is 0. The Balaban J connectivity index is 2.08. The van der Waals surface area contributed by atoms with E-state index in [1.54, 1.807) is 0 Å². The predicted octanol–water partition coefficient (Wildman–Crippen LogP) is 1.08. The second-order valence-corrected chi connectivity index (χ2v) is 3.73. The van der Waals surface area contributed by atoms with Gasteiger partial charge in [0.15, 0.2) is 0 Å². The van der Waals surface area contributed by atoms with Crippen molar-refractivity contribution in [2.24, 2.45) is 0 Å². The van der Waals surface area contributed by atoms with E-state index >= 15 is 0 Å². The van der Waals surface area contributed by atoms with Crippen LogP contribution in [0.3, 0.4) is 0 Å². The summed E-state index contributed by atoms with van der Waals surface area (Å²) in [6.45, 7) is 0.566.